The highest BCUT2D eigenvalue weighted by Gasteiger charge is 2.49. The van der Waals surface area contributed by atoms with Crippen LogP contribution in [0.4, 0.5) is 4.39 Å². The lowest BCUT2D eigenvalue weighted by molar-refractivity contribution is -0.142. The summed E-state index contributed by atoms with van der Waals surface area (Å²) in [4.78, 5) is 26.2. The largest absolute Gasteiger partial charge is 0.481 e. The maximum absolute atomic E-state index is 13.1. The number of carbonyl (C=O) groups excluding carboxylic acids is 1. The molecule has 2 aliphatic rings. The molecule has 134 valence electrons. The molecule has 4 unspecified atom stereocenters. The van der Waals surface area contributed by atoms with Crippen LogP contribution in [-0.2, 0) is 9.59 Å². The number of rotatable bonds is 4. The van der Waals surface area contributed by atoms with Crippen molar-refractivity contribution in [3.8, 4) is 0 Å². The minimum Gasteiger partial charge on any atom is -0.481 e. The zero-order chi connectivity index (χ0) is 18.3. The molecule has 0 bridgehead atoms. The van der Waals surface area contributed by atoms with Crippen molar-refractivity contribution in [3.63, 3.8) is 0 Å². The SMILES string of the molecule is O=C(O)C1CN(C(=O)C2CC2c2ccc(F)cc2)CC1c1ccccc1. The number of likely N-dealkylation sites (tertiary alicyclic amines) is 1. The molecule has 5 heteroatoms. The van der Waals surface area contributed by atoms with E-state index in [2.05, 4.69) is 0 Å². The summed E-state index contributed by atoms with van der Waals surface area (Å²) < 4.78 is 13.1. The molecular formula is C21H20FNO3. The van der Waals surface area contributed by atoms with Crippen molar-refractivity contribution in [2.24, 2.45) is 11.8 Å². The maximum atomic E-state index is 13.1. The molecule has 1 N–H and O–H groups in total. The highest BCUT2D eigenvalue weighted by molar-refractivity contribution is 5.84. The Morgan fingerprint density at radius 2 is 1.54 bits per heavy atom. The molecule has 1 saturated heterocycles. The fourth-order valence-corrected chi connectivity index (χ4v) is 4.05. The molecule has 1 aliphatic heterocycles. The van der Waals surface area contributed by atoms with Crippen LogP contribution in [0, 0.1) is 17.7 Å². The molecule has 26 heavy (non-hydrogen) atoms. The van der Waals surface area contributed by atoms with E-state index in [4.69, 9.17) is 0 Å². The Hall–Kier alpha value is -2.69. The van der Waals surface area contributed by atoms with Crippen LogP contribution in [0.5, 0.6) is 0 Å². The fraction of sp³-hybridized carbons (Fsp3) is 0.333. The van der Waals surface area contributed by atoms with E-state index in [-0.39, 0.29) is 36.0 Å². The van der Waals surface area contributed by atoms with Gasteiger partial charge < -0.3 is 10.0 Å². The van der Waals surface area contributed by atoms with Crippen molar-refractivity contribution in [1.29, 1.82) is 0 Å². The van der Waals surface area contributed by atoms with E-state index in [1.807, 2.05) is 30.3 Å². The van der Waals surface area contributed by atoms with Crippen molar-refractivity contribution in [3.05, 3.63) is 71.5 Å². The average Bonchev–Trinajstić information content (AvgIpc) is 3.31. The number of aliphatic carboxylic acids is 1. The van der Waals surface area contributed by atoms with Crippen molar-refractivity contribution in [2.75, 3.05) is 13.1 Å². The number of amides is 1. The number of halogens is 1. The number of hydrogen-bond donors (Lipinski definition) is 1. The minimum absolute atomic E-state index is 0.0176. The van der Waals surface area contributed by atoms with E-state index in [0.29, 0.717) is 6.54 Å². The minimum atomic E-state index is -0.861. The Morgan fingerprint density at radius 3 is 2.19 bits per heavy atom. The van der Waals surface area contributed by atoms with Gasteiger partial charge in [0.05, 0.1) is 5.92 Å². The molecule has 0 radical (unpaired) electrons. The fourth-order valence-electron chi connectivity index (χ4n) is 4.05. The van der Waals surface area contributed by atoms with Crippen LogP contribution in [0.25, 0.3) is 0 Å². The van der Waals surface area contributed by atoms with E-state index >= 15 is 0 Å². The molecule has 4 atom stereocenters. The second kappa shape index (κ2) is 6.56. The maximum Gasteiger partial charge on any atom is 0.308 e. The van der Waals surface area contributed by atoms with Gasteiger partial charge in [-0.15, -0.1) is 0 Å². The molecular weight excluding hydrogens is 333 g/mol. The van der Waals surface area contributed by atoms with Gasteiger partial charge in [-0.3, -0.25) is 9.59 Å². The van der Waals surface area contributed by atoms with E-state index in [1.165, 1.54) is 12.1 Å². The molecule has 2 fully saturated rings. The summed E-state index contributed by atoms with van der Waals surface area (Å²) in [5.74, 6) is -1.90. The van der Waals surface area contributed by atoms with E-state index in [9.17, 15) is 19.1 Å². The number of hydrogen-bond acceptors (Lipinski definition) is 2. The Balaban J connectivity index is 1.47. The van der Waals surface area contributed by atoms with Gasteiger partial charge in [-0.1, -0.05) is 42.5 Å². The Morgan fingerprint density at radius 1 is 0.885 bits per heavy atom. The van der Waals surface area contributed by atoms with Gasteiger partial charge in [-0.05, 0) is 35.6 Å². The molecule has 2 aromatic rings. The molecule has 1 amide bonds. The Bertz CT molecular complexity index is 821. The first-order valence-electron chi connectivity index (χ1n) is 8.86. The van der Waals surface area contributed by atoms with Crippen molar-refractivity contribution >= 4 is 11.9 Å². The van der Waals surface area contributed by atoms with Crippen LogP contribution in [0.1, 0.15) is 29.4 Å². The smallest absolute Gasteiger partial charge is 0.308 e. The average molecular weight is 353 g/mol. The van der Waals surface area contributed by atoms with Gasteiger partial charge in [0.15, 0.2) is 0 Å². The quantitative estimate of drug-likeness (QED) is 0.918. The zero-order valence-corrected chi connectivity index (χ0v) is 14.2. The highest BCUT2D eigenvalue weighted by Crippen LogP contribution is 2.49. The van der Waals surface area contributed by atoms with Crippen LogP contribution in [0.2, 0.25) is 0 Å². The van der Waals surface area contributed by atoms with Gasteiger partial charge in [-0.25, -0.2) is 4.39 Å². The lowest BCUT2D eigenvalue weighted by Crippen LogP contribution is -2.31. The molecule has 1 heterocycles. The van der Waals surface area contributed by atoms with Crippen LogP contribution in [0.3, 0.4) is 0 Å². The van der Waals surface area contributed by atoms with E-state index in [1.54, 1.807) is 17.0 Å². The Kier molecular flexibility index (Phi) is 4.23. The molecule has 4 rings (SSSR count). The predicted octanol–water partition coefficient (Wildman–Crippen LogP) is 3.26. The molecule has 2 aromatic carbocycles. The third-order valence-corrected chi connectivity index (χ3v) is 5.58. The zero-order valence-electron chi connectivity index (χ0n) is 14.2. The first-order chi connectivity index (χ1) is 12.5. The topological polar surface area (TPSA) is 57.6 Å². The summed E-state index contributed by atoms with van der Waals surface area (Å²) in [5.41, 5.74) is 1.93. The molecule has 1 saturated carbocycles. The van der Waals surface area contributed by atoms with Crippen LogP contribution in [0.15, 0.2) is 54.6 Å². The van der Waals surface area contributed by atoms with Crippen molar-refractivity contribution in [1.82, 2.24) is 4.90 Å². The van der Waals surface area contributed by atoms with Crippen molar-refractivity contribution in [2.45, 2.75) is 18.3 Å². The third-order valence-electron chi connectivity index (χ3n) is 5.58. The molecule has 0 spiro atoms. The summed E-state index contributed by atoms with van der Waals surface area (Å²) in [6.45, 7) is 0.687. The Labute approximate surface area is 151 Å². The first-order valence-corrected chi connectivity index (χ1v) is 8.86. The van der Waals surface area contributed by atoms with E-state index < -0.39 is 11.9 Å². The normalized spacial score (nSPS) is 27.3. The van der Waals surface area contributed by atoms with Gasteiger partial charge in [0.1, 0.15) is 5.82 Å². The predicted molar refractivity (Wildman–Crippen MR) is 94.1 cm³/mol. The van der Waals surface area contributed by atoms with Gasteiger partial charge in [0.25, 0.3) is 0 Å². The number of benzene rings is 2. The number of carboxylic acid groups (broad SMARTS) is 1. The standard InChI is InChI=1S/C21H20FNO3/c22-15-8-6-14(7-9-15)16-10-17(16)20(24)23-11-18(19(12-23)21(25)26)13-4-2-1-3-5-13/h1-9,16-19H,10-12H2,(H,25,26). The molecule has 0 aromatic heterocycles. The lowest BCUT2D eigenvalue weighted by Gasteiger charge is -2.16. The van der Waals surface area contributed by atoms with Crippen molar-refractivity contribution < 1.29 is 19.1 Å². The first kappa shape index (κ1) is 16.8. The number of carbonyl (C=O) groups is 2. The number of carboxylic acids is 1. The third kappa shape index (κ3) is 3.09. The molecule has 1 aliphatic carbocycles. The number of nitrogens with zero attached hydrogens (tertiary/aromatic N) is 1. The van der Waals surface area contributed by atoms with Gasteiger partial charge in [0, 0.05) is 24.9 Å². The second-order valence-electron chi connectivity index (χ2n) is 7.21. The lowest BCUT2D eigenvalue weighted by atomic mass is 9.89. The van der Waals surface area contributed by atoms with Gasteiger partial charge in [-0.2, -0.15) is 0 Å². The monoisotopic (exact) mass is 353 g/mol. The summed E-state index contributed by atoms with van der Waals surface area (Å²) in [7, 11) is 0. The van der Waals surface area contributed by atoms with Crippen LogP contribution in [-0.4, -0.2) is 35.0 Å². The summed E-state index contributed by atoms with van der Waals surface area (Å²) in [6, 6.07) is 15.8. The van der Waals surface area contributed by atoms with Crippen LogP contribution >= 0.6 is 0 Å². The van der Waals surface area contributed by atoms with Crippen LogP contribution < -0.4 is 0 Å². The summed E-state index contributed by atoms with van der Waals surface area (Å²) >= 11 is 0. The van der Waals surface area contributed by atoms with Gasteiger partial charge >= 0.3 is 5.97 Å². The summed E-state index contributed by atoms with van der Waals surface area (Å²) in [6.07, 6.45) is 0.745. The highest BCUT2D eigenvalue weighted by atomic mass is 19.1. The van der Waals surface area contributed by atoms with Gasteiger partial charge in [0.2, 0.25) is 5.91 Å². The second-order valence-corrected chi connectivity index (χ2v) is 7.21. The van der Waals surface area contributed by atoms with E-state index in [0.717, 1.165) is 17.5 Å². The molecule has 4 nitrogen and oxygen atoms in total. The summed E-state index contributed by atoms with van der Waals surface area (Å²) in [5, 5.41) is 9.58.